The molecule has 1 saturated carbocycles. The first-order valence-corrected chi connectivity index (χ1v) is 4.98. The minimum Gasteiger partial charge on any atom is -0.370 e. The second-order valence-electron chi connectivity index (χ2n) is 5.21. The van der Waals surface area contributed by atoms with Crippen LogP contribution in [0.25, 0.3) is 0 Å². The molecular weight excluding hydrogens is 164 g/mol. The monoisotopic (exact) mass is 184 g/mol. The third kappa shape index (κ3) is 2.31. The molecule has 1 aliphatic rings. The SMILES string of the molecule is COC1(C(=O)CC(C)(C)C)CCC1. The molecule has 0 spiro atoms. The predicted molar refractivity (Wildman–Crippen MR) is 52.7 cm³/mol. The van der Waals surface area contributed by atoms with Gasteiger partial charge in [0.1, 0.15) is 5.60 Å². The van der Waals surface area contributed by atoms with Gasteiger partial charge in [0, 0.05) is 13.5 Å². The van der Waals surface area contributed by atoms with E-state index in [4.69, 9.17) is 4.74 Å². The van der Waals surface area contributed by atoms with E-state index in [0.717, 1.165) is 19.3 Å². The number of hydrogen-bond donors (Lipinski definition) is 0. The van der Waals surface area contributed by atoms with E-state index in [-0.39, 0.29) is 11.2 Å². The molecule has 0 bridgehead atoms. The van der Waals surface area contributed by atoms with Crippen LogP contribution in [0.4, 0.5) is 0 Å². The van der Waals surface area contributed by atoms with E-state index in [2.05, 4.69) is 20.8 Å². The summed E-state index contributed by atoms with van der Waals surface area (Å²) in [6, 6.07) is 0. The molecule has 1 aliphatic carbocycles. The number of ketones is 1. The summed E-state index contributed by atoms with van der Waals surface area (Å²) in [5, 5.41) is 0. The Hall–Kier alpha value is -0.370. The summed E-state index contributed by atoms with van der Waals surface area (Å²) in [6.45, 7) is 6.27. The zero-order chi connectivity index (χ0) is 10.1. The van der Waals surface area contributed by atoms with Gasteiger partial charge in [-0.1, -0.05) is 20.8 Å². The smallest absolute Gasteiger partial charge is 0.165 e. The van der Waals surface area contributed by atoms with Gasteiger partial charge in [0.2, 0.25) is 0 Å². The summed E-state index contributed by atoms with van der Waals surface area (Å²) in [7, 11) is 1.65. The Bertz CT molecular complexity index is 191. The Labute approximate surface area is 80.7 Å². The summed E-state index contributed by atoms with van der Waals surface area (Å²) in [6.07, 6.45) is 3.58. The number of carbonyl (C=O) groups is 1. The molecule has 0 atom stereocenters. The van der Waals surface area contributed by atoms with Crippen molar-refractivity contribution < 1.29 is 9.53 Å². The van der Waals surface area contributed by atoms with Crippen LogP contribution in [-0.2, 0) is 9.53 Å². The van der Waals surface area contributed by atoms with Crippen molar-refractivity contribution in [1.29, 1.82) is 0 Å². The van der Waals surface area contributed by atoms with Crippen LogP contribution in [0.1, 0.15) is 46.5 Å². The van der Waals surface area contributed by atoms with Gasteiger partial charge in [-0.25, -0.2) is 0 Å². The van der Waals surface area contributed by atoms with Gasteiger partial charge in [-0.05, 0) is 24.7 Å². The molecule has 13 heavy (non-hydrogen) atoms. The molecule has 0 aliphatic heterocycles. The number of carbonyl (C=O) groups excluding carboxylic acids is 1. The molecule has 0 saturated heterocycles. The molecule has 0 aromatic carbocycles. The highest BCUT2D eigenvalue weighted by atomic mass is 16.5. The van der Waals surface area contributed by atoms with Crippen molar-refractivity contribution in [1.82, 2.24) is 0 Å². The molecule has 0 N–H and O–H groups in total. The van der Waals surface area contributed by atoms with E-state index >= 15 is 0 Å². The standard InChI is InChI=1S/C11H20O2/c1-10(2,3)8-9(12)11(13-4)6-5-7-11/h5-8H2,1-4H3. The number of ether oxygens (including phenoxy) is 1. The number of methoxy groups -OCH3 is 1. The lowest BCUT2D eigenvalue weighted by Gasteiger charge is -2.40. The van der Waals surface area contributed by atoms with E-state index in [9.17, 15) is 4.79 Å². The lowest BCUT2D eigenvalue weighted by molar-refractivity contribution is -0.153. The Balaban J connectivity index is 2.56. The zero-order valence-electron chi connectivity index (χ0n) is 9.14. The first-order valence-electron chi connectivity index (χ1n) is 4.98. The maximum atomic E-state index is 11.9. The Morgan fingerprint density at radius 1 is 1.38 bits per heavy atom. The van der Waals surface area contributed by atoms with Crippen LogP contribution < -0.4 is 0 Å². The van der Waals surface area contributed by atoms with Crippen molar-refractivity contribution in [3.05, 3.63) is 0 Å². The summed E-state index contributed by atoms with van der Waals surface area (Å²) in [4.78, 5) is 11.9. The van der Waals surface area contributed by atoms with E-state index in [1.54, 1.807) is 7.11 Å². The molecule has 0 aromatic rings. The fourth-order valence-corrected chi connectivity index (χ4v) is 1.74. The Morgan fingerprint density at radius 2 is 1.92 bits per heavy atom. The minimum absolute atomic E-state index is 0.0816. The van der Waals surface area contributed by atoms with E-state index in [0.29, 0.717) is 6.42 Å². The summed E-state index contributed by atoms with van der Waals surface area (Å²) < 4.78 is 5.33. The molecule has 1 rings (SSSR count). The highest BCUT2D eigenvalue weighted by Gasteiger charge is 2.44. The number of rotatable bonds is 3. The molecule has 0 unspecified atom stereocenters. The van der Waals surface area contributed by atoms with Gasteiger partial charge >= 0.3 is 0 Å². The van der Waals surface area contributed by atoms with Crippen molar-refractivity contribution in [2.45, 2.75) is 52.1 Å². The minimum atomic E-state index is -0.409. The molecule has 2 nitrogen and oxygen atoms in total. The molecule has 76 valence electrons. The quantitative estimate of drug-likeness (QED) is 0.673. The van der Waals surface area contributed by atoms with E-state index in [1.807, 2.05) is 0 Å². The van der Waals surface area contributed by atoms with Gasteiger partial charge in [-0.2, -0.15) is 0 Å². The van der Waals surface area contributed by atoms with Crippen molar-refractivity contribution in [3.63, 3.8) is 0 Å². The van der Waals surface area contributed by atoms with Crippen molar-refractivity contribution in [2.24, 2.45) is 5.41 Å². The number of Topliss-reactive ketones (excluding diaryl/α,β-unsaturated/α-hetero) is 1. The molecular formula is C11H20O2. The molecule has 0 radical (unpaired) electrons. The molecule has 0 amide bonds. The maximum absolute atomic E-state index is 11.9. The lowest BCUT2D eigenvalue weighted by Crippen LogP contribution is -2.48. The summed E-state index contributed by atoms with van der Waals surface area (Å²) in [5.41, 5.74) is -0.328. The van der Waals surface area contributed by atoms with Gasteiger partial charge in [0.25, 0.3) is 0 Å². The molecule has 0 aromatic heterocycles. The highest BCUT2D eigenvalue weighted by molar-refractivity contribution is 5.88. The third-order valence-corrected chi connectivity index (χ3v) is 2.75. The van der Waals surface area contributed by atoms with Crippen LogP contribution in [0.2, 0.25) is 0 Å². The normalized spacial score (nSPS) is 20.9. The topological polar surface area (TPSA) is 26.3 Å². The fraction of sp³-hybridized carbons (Fsp3) is 0.909. The predicted octanol–water partition coefficient (Wildman–Crippen LogP) is 2.56. The highest BCUT2D eigenvalue weighted by Crippen LogP contribution is 2.38. The summed E-state index contributed by atoms with van der Waals surface area (Å²) in [5.74, 6) is 0.286. The Kier molecular flexibility index (Phi) is 2.81. The maximum Gasteiger partial charge on any atom is 0.165 e. The van der Waals surface area contributed by atoms with Crippen LogP contribution in [0, 0.1) is 5.41 Å². The number of hydrogen-bond acceptors (Lipinski definition) is 2. The van der Waals surface area contributed by atoms with Gasteiger partial charge in [0.15, 0.2) is 5.78 Å². The van der Waals surface area contributed by atoms with Crippen LogP contribution in [0.15, 0.2) is 0 Å². The first-order chi connectivity index (χ1) is 5.90. The van der Waals surface area contributed by atoms with Crippen LogP contribution >= 0.6 is 0 Å². The van der Waals surface area contributed by atoms with Crippen LogP contribution in [0.3, 0.4) is 0 Å². The zero-order valence-corrected chi connectivity index (χ0v) is 9.14. The van der Waals surface area contributed by atoms with Gasteiger partial charge < -0.3 is 4.74 Å². The van der Waals surface area contributed by atoms with Crippen molar-refractivity contribution >= 4 is 5.78 Å². The Morgan fingerprint density at radius 3 is 2.15 bits per heavy atom. The van der Waals surface area contributed by atoms with E-state index < -0.39 is 5.60 Å². The van der Waals surface area contributed by atoms with E-state index in [1.165, 1.54) is 0 Å². The van der Waals surface area contributed by atoms with Gasteiger partial charge in [-0.15, -0.1) is 0 Å². The third-order valence-electron chi connectivity index (χ3n) is 2.75. The largest absolute Gasteiger partial charge is 0.370 e. The van der Waals surface area contributed by atoms with Gasteiger partial charge in [-0.3, -0.25) is 4.79 Å². The van der Waals surface area contributed by atoms with Crippen molar-refractivity contribution in [3.8, 4) is 0 Å². The van der Waals surface area contributed by atoms with Crippen LogP contribution in [-0.4, -0.2) is 18.5 Å². The lowest BCUT2D eigenvalue weighted by atomic mass is 9.72. The van der Waals surface area contributed by atoms with Gasteiger partial charge in [0.05, 0.1) is 0 Å². The molecule has 1 fully saturated rings. The molecule has 2 heteroatoms. The second-order valence-corrected chi connectivity index (χ2v) is 5.21. The average Bonchev–Trinajstić information content (AvgIpc) is 1.80. The first kappa shape index (κ1) is 10.7. The molecule has 0 heterocycles. The summed E-state index contributed by atoms with van der Waals surface area (Å²) >= 11 is 0. The van der Waals surface area contributed by atoms with Crippen molar-refractivity contribution in [2.75, 3.05) is 7.11 Å². The fourth-order valence-electron chi connectivity index (χ4n) is 1.74. The van der Waals surface area contributed by atoms with Crippen LogP contribution in [0.5, 0.6) is 0 Å². The second kappa shape index (κ2) is 3.41. The average molecular weight is 184 g/mol.